The number of carbonyl (C=O) groups excluding carboxylic acids is 1. The summed E-state index contributed by atoms with van der Waals surface area (Å²) < 4.78 is 28.2. The molecule has 11 heteroatoms. The topological polar surface area (TPSA) is 101 Å². The summed E-state index contributed by atoms with van der Waals surface area (Å²) in [5, 5.41) is 1.99. The van der Waals surface area contributed by atoms with Gasteiger partial charge >= 0.3 is 5.97 Å². The number of sulfonamides is 1. The van der Waals surface area contributed by atoms with Gasteiger partial charge in [0.25, 0.3) is 15.4 Å². The van der Waals surface area contributed by atoms with Gasteiger partial charge in [-0.2, -0.15) is 0 Å². The van der Waals surface area contributed by atoms with Crippen LogP contribution in [0.1, 0.15) is 5.56 Å². The van der Waals surface area contributed by atoms with E-state index in [4.69, 9.17) is 16.4 Å². The summed E-state index contributed by atoms with van der Waals surface area (Å²) in [5.41, 5.74) is 5.20. The first-order valence-corrected chi connectivity index (χ1v) is 11.2. The Morgan fingerprint density at radius 2 is 1.86 bits per heavy atom. The Kier molecular flexibility index (Phi) is 5.17. The number of aromatic nitrogens is 1. The largest absolute Gasteiger partial charge is 0.368 e. The second-order valence-corrected chi connectivity index (χ2v) is 9.30. The van der Waals surface area contributed by atoms with Gasteiger partial charge in [0.1, 0.15) is 0 Å². The van der Waals surface area contributed by atoms with E-state index in [1.807, 2.05) is 6.92 Å². The fraction of sp³-hybridized carbons (Fsp3) is 0.111. The van der Waals surface area contributed by atoms with Gasteiger partial charge in [0.05, 0.1) is 11.4 Å². The predicted octanol–water partition coefficient (Wildman–Crippen LogP) is 3.32. The molecule has 1 aromatic heterocycles. The molecule has 2 aromatic carbocycles. The Labute approximate surface area is 176 Å². The van der Waals surface area contributed by atoms with E-state index in [2.05, 4.69) is 15.3 Å². The summed E-state index contributed by atoms with van der Waals surface area (Å²) >= 11 is 7.00. The van der Waals surface area contributed by atoms with Gasteiger partial charge < -0.3 is 4.84 Å². The molecule has 0 saturated carbocycles. The maximum atomic E-state index is 12.9. The van der Waals surface area contributed by atoms with Crippen molar-refractivity contribution in [2.24, 2.45) is 0 Å². The zero-order valence-corrected chi connectivity index (χ0v) is 17.4. The predicted molar refractivity (Wildman–Crippen MR) is 112 cm³/mol. The van der Waals surface area contributed by atoms with Gasteiger partial charge in [0, 0.05) is 16.0 Å². The molecule has 8 nitrogen and oxygen atoms in total. The summed E-state index contributed by atoms with van der Waals surface area (Å²) in [6.07, 6.45) is 0. The average molecular weight is 451 g/mol. The molecule has 0 aliphatic carbocycles. The molecule has 2 heterocycles. The van der Waals surface area contributed by atoms with Crippen LogP contribution in [0.15, 0.2) is 53.9 Å². The van der Waals surface area contributed by atoms with Gasteiger partial charge in [0.15, 0.2) is 5.13 Å². The first-order valence-electron chi connectivity index (χ1n) is 8.39. The zero-order valence-electron chi connectivity index (χ0n) is 15.0. The minimum absolute atomic E-state index is 0.138. The lowest BCUT2D eigenvalue weighted by atomic mass is 10.2. The molecule has 29 heavy (non-hydrogen) atoms. The van der Waals surface area contributed by atoms with Crippen LogP contribution in [0.3, 0.4) is 0 Å². The number of thiazole rings is 1. The van der Waals surface area contributed by atoms with Gasteiger partial charge in [0.2, 0.25) is 0 Å². The molecular weight excluding hydrogens is 436 g/mol. The molecule has 1 aliphatic heterocycles. The van der Waals surface area contributed by atoms with Crippen molar-refractivity contribution in [3.8, 4) is 11.3 Å². The first kappa shape index (κ1) is 19.6. The Balaban J connectivity index is 1.58. The smallest absolute Gasteiger partial charge is 0.347 e. The van der Waals surface area contributed by atoms with Crippen LogP contribution in [0.2, 0.25) is 5.02 Å². The molecule has 0 spiro atoms. The van der Waals surface area contributed by atoms with Crippen LogP contribution in [-0.2, 0) is 19.7 Å². The fourth-order valence-electron chi connectivity index (χ4n) is 2.71. The third-order valence-corrected chi connectivity index (χ3v) is 6.77. The number of hydrogen-bond acceptors (Lipinski definition) is 8. The highest BCUT2D eigenvalue weighted by Crippen LogP contribution is 2.29. The van der Waals surface area contributed by atoms with Gasteiger partial charge in [-0.25, -0.2) is 23.2 Å². The number of rotatable bonds is 5. The molecule has 1 aliphatic rings. The normalized spacial score (nSPS) is 16.7. The monoisotopic (exact) mass is 450 g/mol. The van der Waals surface area contributed by atoms with Crippen LogP contribution in [-0.4, -0.2) is 24.7 Å². The molecule has 0 amide bonds. The van der Waals surface area contributed by atoms with Crippen molar-refractivity contribution in [3.63, 3.8) is 0 Å². The molecule has 1 saturated heterocycles. The SMILES string of the molecule is Cc1ccc(N2NOC(=O)C2S(=O)(=O)Nc2nc(-c3ccc(Cl)cc3)cs2)cc1. The Morgan fingerprint density at radius 3 is 2.55 bits per heavy atom. The Bertz CT molecular complexity index is 1150. The summed E-state index contributed by atoms with van der Waals surface area (Å²) in [4.78, 5) is 21.2. The number of nitrogens with one attached hydrogen (secondary N) is 2. The van der Waals surface area contributed by atoms with Crippen molar-refractivity contribution in [2.45, 2.75) is 12.3 Å². The van der Waals surface area contributed by atoms with Gasteiger partial charge in [-0.1, -0.05) is 47.0 Å². The van der Waals surface area contributed by atoms with E-state index in [0.29, 0.717) is 16.4 Å². The van der Waals surface area contributed by atoms with Crippen molar-refractivity contribution in [3.05, 3.63) is 64.5 Å². The van der Waals surface area contributed by atoms with E-state index in [1.165, 1.54) is 0 Å². The Hall–Kier alpha value is -2.66. The molecule has 0 bridgehead atoms. The lowest BCUT2D eigenvalue weighted by Gasteiger charge is -2.21. The second kappa shape index (κ2) is 7.64. The van der Waals surface area contributed by atoms with E-state index in [9.17, 15) is 13.2 Å². The van der Waals surface area contributed by atoms with Crippen LogP contribution < -0.4 is 15.3 Å². The van der Waals surface area contributed by atoms with Crippen molar-refractivity contribution in [2.75, 3.05) is 9.73 Å². The third kappa shape index (κ3) is 4.06. The standard InChI is InChI=1S/C18H15ClN4O4S2/c1-11-2-8-14(9-3-11)23-16(17(24)27-22-23)29(25,26)21-18-20-15(10-28-18)12-4-6-13(19)7-5-12/h2-10,16,22H,1H3,(H,20,21). The number of hydrazine groups is 1. The highest BCUT2D eigenvalue weighted by molar-refractivity contribution is 7.94. The van der Waals surface area contributed by atoms with E-state index >= 15 is 0 Å². The summed E-state index contributed by atoms with van der Waals surface area (Å²) in [6, 6.07) is 14.0. The molecule has 0 radical (unpaired) electrons. The maximum absolute atomic E-state index is 12.9. The maximum Gasteiger partial charge on any atom is 0.368 e. The molecule has 3 aromatic rings. The number of halogens is 1. The number of benzene rings is 2. The minimum atomic E-state index is -4.18. The van der Waals surface area contributed by atoms with Crippen LogP contribution >= 0.6 is 22.9 Å². The van der Waals surface area contributed by atoms with Crippen molar-refractivity contribution < 1.29 is 18.0 Å². The summed E-state index contributed by atoms with van der Waals surface area (Å²) in [5.74, 6) is -0.937. The van der Waals surface area contributed by atoms with E-state index in [-0.39, 0.29) is 5.13 Å². The second-order valence-electron chi connectivity index (χ2n) is 6.26. The Morgan fingerprint density at radius 1 is 1.17 bits per heavy atom. The number of aryl methyl sites for hydroxylation is 1. The molecule has 1 unspecified atom stereocenters. The highest BCUT2D eigenvalue weighted by Gasteiger charge is 2.46. The lowest BCUT2D eigenvalue weighted by molar-refractivity contribution is -0.142. The van der Waals surface area contributed by atoms with Crippen LogP contribution in [0.4, 0.5) is 10.8 Å². The minimum Gasteiger partial charge on any atom is -0.347 e. The molecule has 1 fully saturated rings. The lowest BCUT2D eigenvalue weighted by Crippen LogP contribution is -2.46. The average Bonchev–Trinajstić information content (AvgIpc) is 3.29. The molecule has 1 atom stereocenters. The molecule has 4 rings (SSSR count). The zero-order chi connectivity index (χ0) is 20.6. The van der Waals surface area contributed by atoms with Crippen molar-refractivity contribution in [1.29, 1.82) is 0 Å². The summed E-state index contributed by atoms with van der Waals surface area (Å²) in [7, 11) is -4.18. The van der Waals surface area contributed by atoms with E-state index in [1.54, 1.807) is 53.9 Å². The van der Waals surface area contributed by atoms with Gasteiger partial charge in [-0.05, 0) is 31.2 Å². The van der Waals surface area contributed by atoms with Crippen LogP contribution in [0.5, 0.6) is 0 Å². The number of nitrogens with zero attached hydrogens (tertiary/aromatic N) is 2. The summed E-state index contributed by atoms with van der Waals surface area (Å²) in [6.45, 7) is 1.90. The third-order valence-electron chi connectivity index (χ3n) is 4.16. The van der Waals surface area contributed by atoms with Crippen LogP contribution in [0.25, 0.3) is 11.3 Å². The first-order chi connectivity index (χ1) is 13.8. The number of anilines is 2. The quantitative estimate of drug-likeness (QED) is 0.614. The van der Waals surface area contributed by atoms with Gasteiger partial charge in [-0.3, -0.25) is 4.72 Å². The van der Waals surface area contributed by atoms with Crippen molar-refractivity contribution in [1.82, 2.24) is 10.6 Å². The van der Waals surface area contributed by atoms with Gasteiger partial charge in [-0.15, -0.1) is 11.3 Å². The highest BCUT2D eigenvalue weighted by atomic mass is 35.5. The van der Waals surface area contributed by atoms with E-state index < -0.39 is 21.4 Å². The molecular formula is C18H15ClN4O4S2. The molecule has 2 N–H and O–H groups in total. The number of carbonyl (C=O) groups is 1. The molecule has 150 valence electrons. The number of hydrogen-bond donors (Lipinski definition) is 2. The fourth-order valence-corrected chi connectivity index (χ4v) is 5.08. The van der Waals surface area contributed by atoms with Crippen molar-refractivity contribution >= 4 is 49.7 Å². The van der Waals surface area contributed by atoms with E-state index in [0.717, 1.165) is 27.5 Å². The van der Waals surface area contributed by atoms with Crippen LogP contribution in [0, 0.1) is 6.92 Å².